The van der Waals surface area contributed by atoms with Gasteiger partial charge < -0.3 is 5.32 Å². The Morgan fingerprint density at radius 1 is 0.903 bits per heavy atom. The molecule has 0 spiro atoms. The quantitative estimate of drug-likeness (QED) is 0.432. The Hall–Kier alpha value is -4.17. The van der Waals surface area contributed by atoms with E-state index in [4.69, 9.17) is 11.6 Å². The van der Waals surface area contributed by atoms with E-state index in [9.17, 15) is 4.79 Å². The number of carbonyl (C=O) groups is 1. The third kappa shape index (κ3) is 3.72. The molecule has 1 N–H and O–H groups in total. The Morgan fingerprint density at radius 3 is 2.52 bits per heavy atom. The van der Waals surface area contributed by atoms with Crippen molar-refractivity contribution in [1.82, 2.24) is 29.8 Å². The van der Waals surface area contributed by atoms with E-state index in [1.165, 1.54) is 6.20 Å². The number of anilines is 1. The molecular weight excluding hydrogens is 414 g/mol. The average Bonchev–Trinajstić information content (AvgIpc) is 3.24. The van der Waals surface area contributed by atoms with Gasteiger partial charge in [0, 0.05) is 35.4 Å². The van der Waals surface area contributed by atoms with Gasteiger partial charge in [0.1, 0.15) is 5.15 Å². The first-order valence-electron chi connectivity index (χ1n) is 9.34. The van der Waals surface area contributed by atoms with E-state index in [1.807, 2.05) is 36.4 Å². The maximum atomic E-state index is 12.4. The number of nitrogens with zero attached hydrogens (tertiary/aromatic N) is 6. The van der Waals surface area contributed by atoms with E-state index in [0.717, 1.165) is 16.8 Å². The minimum Gasteiger partial charge on any atom is -0.322 e. The zero-order valence-corrected chi connectivity index (χ0v) is 16.7. The molecule has 0 saturated heterocycles. The van der Waals surface area contributed by atoms with Crippen LogP contribution < -0.4 is 5.32 Å². The zero-order valence-electron chi connectivity index (χ0n) is 16.0. The molecule has 0 unspecified atom stereocenters. The minimum absolute atomic E-state index is 0.160. The van der Waals surface area contributed by atoms with E-state index in [1.54, 1.807) is 41.2 Å². The van der Waals surface area contributed by atoms with Crippen LogP contribution in [0.15, 0.2) is 79.3 Å². The van der Waals surface area contributed by atoms with Gasteiger partial charge in [-0.1, -0.05) is 23.7 Å². The maximum Gasteiger partial charge on any atom is 0.258 e. The molecule has 1 aromatic carbocycles. The lowest BCUT2D eigenvalue weighted by Gasteiger charge is -2.08. The van der Waals surface area contributed by atoms with E-state index in [-0.39, 0.29) is 11.1 Å². The number of rotatable bonds is 4. The largest absolute Gasteiger partial charge is 0.322 e. The number of amides is 1. The second-order valence-corrected chi connectivity index (χ2v) is 6.99. The first kappa shape index (κ1) is 18.8. The highest BCUT2D eigenvalue weighted by molar-refractivity contribution is 6.33. The van der Waals surface area contributed by atoms with Crippen molar-refractivity contribution in [2.24, 2.45) is 0 Å². The summed E-state index contributed by atoms with van der Waals surface area (Å²) in [6, 6.07) is 18.1. The second-order valence-electron chi connectivity index (χ2n) is 6.63. The molecule has 0 atom stereocenters. The lowest BCUT2D eigenvalue weighted by atomic mass is 10.1. The second kappa shape index (κ2) is 7.92. The van der Waals surface area contributed by atoms with Crippen molar-refractivity contribution in [3.8, 4) is 22.6 Å². The molecule has 0 fully saturated rings. The molecule has 0 bridgehead atoms. The number of hydrogen-bond donors (Lipinski definition) is 1. The SMILES string of the molecule is O=C(Nc1ccc(-c2ccc3nnc(-c4cccnc4)n3n2)cc1)c1cccnc1Cl. The lowest BCUT2D eigenvalue weighted by molar-refractivity contribution is 0.102. The summed E-state index contributed by atoms with van der Waals surface area (Å²) in [5.41, 5.74) is 4.04. The molecule has 5 rings (SSSR count). The van der Waals surface area contributed by atoms with Gasteiger partial charge in [0.25, 0.3) is 5.91 Å². The molecule has 9 heteroatoms. The normalized spacial score (nSPS) is 10.9. The highest BCUT2D eigenvalue weighted by Crippen LogP contribution is 2.23. The Balaban J connectivity index is 1.42. The van der Waals surface area contributed by atoms with Crippen molar-refractivity contribution in [3.05, 3.63) is 90.0 Å². The summed E-state index contributed by atoms with van der Waals surface area (Å²) in [4.78, 5) is 20.5. The third-order valence-corrected chi connectivity index (χ3v) is 4.93. The van der Waals surface area contributed by atoms with Crippen molar-refractivity contribution >= 4 is 28.8 Å². The smallest absolute Gasteiger partial charge is 0.258 e. The Morgan fingerprint density at radius 2 is 1.74 bits per heavy atom. The van der Waals surface area contributed by atoms with Crippen molar-refractivity contribution in [1.29, 1.82) is 0 Å². The van der Waals surface area contributed by atoms with Gasteiger partial charge >= 0.3 is 0 Å². The van der Waals surface area contributed by atoms with Gasteiger partial charge in [-0.25, -0.2) is 4.98 Å². The molecule has 0 aliphatic rings. The minimum atomic E-state index is -0.323. The van der Waals surface area contributed by atoms with Crippen molar-refractivity contribution in [2.45, 2.75) is 0 Å². The fourth-order valence-electron chi connectivity index (χ4n) is 3.10. The summed E-state index contributed by atoms with van der Waals surface area (Å²) >= 11 is 5.99. The van der Waals surface area contributed by atoms with Crippen LogP contribution in [0.1, 0.15) is 10.4 Å². The Bertz CT molecular complexity index is 1380. The van der Waals surface area contributed by atoms with Crippen LogP contribution >= 0.6 is 11.6 Å². The highest BCUT2D eigenvalue weighted by Gasteiger charge is 2.13. The molecule has 1 amide bonds. The van der Waals surface area contributed by atoms with Crippen LogP contribution in [0, 0.1) is 0 Å². The van der Waals surface area contributed by atoms with Gasteiger partial charge in [-0.2, -0.15) is 9.61 Å². The Labute approximate surface area is 181 Å². The molecule has 31 heavy (non-hydrogen) atoms. The lowest BCUT2D eigenvalue weighted by Crippen LogP contribution is -2.12. The van der Waals surface area contributed by atoms with Crippen molar-refractivity contribution < 1.29 is 4.79 Å². The van der Waals surface area contributed by atoms with Crippen LogP contribution in [0.5, 0.6) is 0 Å². The third-order valence-electron chi connectivity index (χ3n) is 4.62. The van der Waals surface area contributed by atoms with Crippen LogP contribution in [0.3, 0.4) is 0 Å². The van der Waals surface area contributed by atoms with Gasteiger partial charge in [-0.05, 0) is 48.5 Å². The number of halogens is 1. The number of pyridine rings is 2. The maximum absolute atomic E-state index is 12.4. The molecule has 5 aromatic rings. The monoisotopic (exact) mass is 427 g/mol. The fraction of sp³-hybridized carbons (Fsp3) is 0. The molecule has 8 nitrogen and oxygen atoms in total. The average molecular weight is 428 g/mol. The van der Waals surface area contributed by atoms with Crippen LogP contribution in [-0.4, -0.2) is 35.7 Å². The molecule has 0 saturated carbocycles. The van der Waals surface area contributed by atoms with Crippen LogP contribution in [0.4, 0.5) is 5.69 Å². The van der Waals surface area contributed by atoms with Crippen LogP contribution in [0.25, 0.3) is 28.3 Å². The number of hydrogen-bond acceptors (Lipinski definition) is 6. The predicted molar refractivity (Wildman–Crippen MR) is 117 cm³/mol. The number of carbonyl (C=O) groups excluding carboxylic acids is 1. The van der Waals surface area contributed by atoms with E-state index < -0.39 is 0 Å². The molecule has 0 aliphatic carbocycles. The van der Waals surface area contributed by atoms with Gasteiger partial charge in [0.2, 0.25) is 0 Å². The summed E-state index contributed by atoms with van der Waals surface area (Å²) < 4.78 is 1.69. The van der Waals surface area contributed by atoms with Crippen LogP contribution in [-0.2, 0) is 0 Å². The molecule has 0 radical (unpaired) electrons. The van der Waals surface area contributed by atoms with Gasteiger partial charge in [-0.15, -0.1) is 10.2 Å². The van der Waals surface area contributed by atoms with Crippen LogP contribution in [0.2, 0.25) is 5.15 Å². The van der Waals surface area contributed by atoms with Crippen molar-refractivity contribution in [3.63, 3.8) is 0 Å². The molecule has 4 heterocycles. The molecular formula is C22H14ClN7O. The number of nitrogens with one attached hydrogen (secondary N) is 1. The highest BCUT2D eigenvalue weighted by atomic mass is 35.5. The summed E-state index contributed by atoms with van der Waals surface area (Å²) in [5.74, 6) is 0.290. The summed E-state index contributed by atoms with van der Waals surface area (Å²) in [5, 5.41) is 16.1. The molecule has 4 aromatic heterocycles. The Kier molecular flexibility index (Phi) is 4.81. The topological polar surface area (TPSA) is 98.0 Å². The summed E-state index contributed by atoms with van der Waals surface area (Å²) in [7, 11) is 0. The standard InChI is InChI=1S/C22H14ClN7O/c23-20-17(4-2-12-25-20)22(31)26-16-7-5-14(6-8-16)18-9-10-19-27-28-21(30(19)29-18)15-3-1-11-24-13-15/h1-13H,(H,26,31). The van der Waals surface area contributed by atoms with Gasteiger partial charge in [0.05, 0.1) is 11.3 Å². The number of fused-ring (bicyclic) bond motifs is 1. The van der Waals surface area contributed by atoms with E-state index in [2.05, 4.69) is 30.6 Å². The number of aromatic nitrogens is 6. The first-order chi connectivity index (χ1) is 15.2. The first-order valence-corrected chi connectivity index (χ1v) is 9.72. The van der Waals surface area contributed by atoms with E-state index in [0.29, 0.717) is 22.7 Å². The van der Waals surface area contributed by atoms with Crippen molar-refractivity contribution in [2.75, 3.05) is 5.32 Å². The fourth-order valence-corrected chi connectivity index (χ4v) is 3.30. The van der Waals surface area contributed by atoms with Gasteiger partial charge in [-0.3, -0.25) is 9.78 Å². The molecule has 150 valence electrons. The number of benzene rings is 1. The summed E-state index contributed by atoms with van der Waals surface area (Å²) in [6.07, 6.45) is 4.96. The predicted octanol–water partition coefficient (Wildman–Crippen LogP) is 4.15. The summed E-state index contributed by atoms with van der Waals surface area (Å²) in [6.45, 7) is 0. The zero-order chi connectivity index (χ0) is 21.2. The van der Waals surface area contributed by atoms with Gasteiger partial charge in [0.15, 0.2) is 11.5 Å². The van der Waals surface area contributed by atoms with E-state index >= 15 is 0 Å². The molecule has 0 aliphatic heterocycles.